The minimum absolute atomic E-state index is 0.0285. The van der Waals surface area contributed by atoms with E-state index in [2.05, 4.69) is 4.98 Å². The molecule has 0 aromatic carbocycles. The Hall–Kier alpha value is -1.80. The Kier molecular flexibility index (Phi) is 6.26. The quantitative estimate of drug-likeness (QED) is 0.374. The van der Waals surface area contributed by atoms with Gasteiger partial charge in [0.1, 0.15) is 0 Å². The Morgan fingerprint density at radius 3 is 2.89 bits per heavy atom. The standard InChI is InChI=1S/C19H27N3O4S/c1-2-3-4-14(11-21(26)13-23)18(25)22-12-19(5-6-19)10-15(22)16(24)9-17-20-7-8-27-17/h7-8,13-15,26H,2-6,9-12H2,1H3/t14-,15+/m1/s1. The van der Waals surface area contributed by atoms with Crippen molar-refractivity contribution in [3.8, 4) is 0 Å². The number of thiazole rings is 1. The highest BCUT2D eigenvalue weighted by atomic mass is 32.1. The van der Waals surface area contributed by atoms with E-state index in [1.807, 2.05) is 12.3 Å². The van der Waals surface area contributed by atoms with E-state index in [0.29, 0.717) is 24.4 Å². The van der Waals surface area contributed by atoms with Crippen LogP contribution in [0.1, 0.15) is 50.5 Å². The van der Waals surface area contributed by atoms with Gasteiger partial charge in [0.05, 0.1) is 29.9 Å². The molecule has 1 saturated heterocycles. The van der Waals surface area contributed by atoms with Crippen molar-refractivity contribution in [3.05, 3.63) is 16.6 Å². The number of carbonyl (C=O) groups excluding carboxylic acids is 3. The van der Waals surface area contributed by atoms with Gasteiger partial charge in [0.15, 0.2) is 5.78 Å². The lowest BCUT2D eigenvalue weighted by Crippen LogP contribution is -2.46. The molecule has 1 aromatic heterocycles. The lowest BCUT2D eigenvalue weighted by Gasteiger charge is -2.29. The van der Waals surface area contributed by atoms with E-state index in [1.54, 1.807) is 11.1 Å². The number of Topliss-reactive ketones (excluding diaryl/α,β-unsaturated/α-hetero) is 1. The largest absolute Gasteiger partial charge is 0.332 e. The average Bonchev–Trinajstić information content (AvgIpc) is 3.05. The van der Waals surface area contributed by atoms with Crippen LogP contribution in [-0.4, -0.2) is 57.4 Å². The van der Waals surface area contributed by atoms with Crippen LogP contribution in [0.15, 0.2) is 11.6 Å². The topological polar surface area (TPSA) is 90.8 Å². The second-order valence-corrected chi connectivity index (χ2v) is 8.80. The maximum absolute atomic E-state index is 13.2. The molecule has 2 aliphatic rings. The van der Waals surface area contributed by atoms with Crippen LogP contribution in [0.4, 0.5) is 0 Å². The van der Waals surface area contributed by atoms with E-state index in [0.717, 1.165) is 37.1 Å². The number of unbranched alkanes of at least 4 members (excludes halogenated alkanes) is 1. The maximum atomic E-state index is 13.2. The average molecular weight is 394 g/mol. The molecule has 1 N–H and O–H groups in total. The number of rotatable bonds is 10. The minimum Gasteiger partial charge on any atom is -0.332 e. The first kappa shape index (κ1) is 19.9. The van der Waals surface area contributed by atoms with Gasteiger partial charge in [0, 0.05) is 18.1 Å². The van der Waals surface area contributed by atoms with Crippen molar-refractivity contribution in [2.75, 3.05) is 13.1 Å². The number of amides is 2. The van der Waals surface area contributed by atoms with Crippen molar-refractivity contribution in [2.45, 2.75) is 57.9 Å². The van der Waals surface area contributed by atoms with E-state index in [1.165, 1.54) is 11.3 Å². The Bertz CT molecular complexity index is 675. The summed E-state index contributed by atoms with van der Waals surface area (Å²) in [7, 11) is 0. The second-order valence-electron chi connectivity index (χ2n) is 7.82. The first-order chi connectivity index (χ1) is 13.0. The zero-order chi connectivity index (χ0) is 19.4. The number of hydrogen-bond acceptors (Lipinski definition) is 6. The first-order valence-electron chi connectivity index (χ1n) is 9.60. The van der Waals surface area contributed by atoms with Gasteiger partial charge in [-0.2, -0.15) is 0 Å². The summed E-state index contributed by atoms with van der Waals surface area (Å²) in [5, 5.41) is 12.8. The molecule has 0 radical (unpaired) electrons. The summed E-state index contributed by atoms with van der Waals surface area (Å²) in [5.74, 6) is -0.567. The summed E-state index contributed by atoms with van der Waals surface area (Å²) in [6, 6.07) is -0.420. The van der Waals surface area contributed by atoms with Crippen molar-refractivity contribution in [3.63, 3.8) is 0 Å². The van der Waals surface area contributed by atoms with Gasteiger partial charge in [0.2, 0.25) is 12.3 Å². The normalized spacial score (nSPS) is 21.3. The molecule has 148 valence electrons. The highest BCUT2D eigenvalue weighted by Crippen LogP contribution is 2.55. The molecule has 7 nitrogen and oxygen atoms in total. The molecule has 1 aromatic rings. The molecule has 27 heavy (non-hydrogen) atoms. The van der Waals surface area contributed by atoms with E-state index in [4.69, 9.17) is 0 Å². The molecular formula is C19H27N3O4S. The molecule has 2 amide bonds. The molecule has 3 rings (SSSR count). The smallest absolute Gasteiger partial charge is 0.233 e. The Balaban J connectivity index is 1.74. The van der Waals surface area contributed by atoms with Gasteiger partial charge in [-0.25, -0.2) is 10.0 Å². The number of nitrogens with zero attached hydrogens (tertiary/aromatic N) is 3. The summed E-state index contributed by atoms with van der Waals surface area (Å²) in [6.07, 6.45) is 7.44. The Morgan fingerprint density at radius 2 is 2.30 bits per heavy atom. The number of carbonyl (C=O) groups is 3. The van der Waals surface area contributed by atoms with Gasteiger partial charge >= 0.3 is 0 Å². The van der Waals surface area contributed by atoms with Gasteiger partial charge < -0.3 is 4.90 Å². The molecule has 8 heteroatoms. The molecule has 2 heterocycles. The van der Waals surface area contributed by atoms with Crippen molar-refractivity contribution in [2.24, 2.45) is 11.3 Å². The first-order valence-corrected chi connectivity index (χ1v) is 10.5. The molecular weight excluding hydrogens is 366 g/mol. The maximum Gasteiger partial charge on any atom is 0.233 e. The fourth-order valence-corrected chi connectivity index (χ4v) is 4.59. The van der Waals surface area contributed by atoms with E-state index < -0.39 is 12.0 Å². The van der Waals surface area contributed by atoms with Crippen LogP contribution in [0.3, 0.4) is 0 Å². The summed E-state index contributed by atoms with van der Waals surface area (Å²) in [4.78, 5) is 42.9. The number of hydrogen-bond donors (Lipinski definition) is 1. The van der Waals surface area contributed by atoms with Crippen LogP contribution >= 0.6 is 11.3 Å². The SMILES string of the molecule is CCCC[C@H](CN(O)C=O)C(=O)N1CC2(CC2)C[C@H]1C(=O)Cc1nccs1. The third-order valence-corrected chi connectivity index (χ3v) is 6.49. The van der Waals surface area contributed by atoms with Crippen LogP contribution < -0.4 is 0 Å². The molecule has 2 fully saturated rings. The van der Waals surface area contributed by atoms with Gasteiger partial charge in [-0.1, -0.05) is 19.8 Å². The Labute approximate surface area is 163 Å². The predicted octanol–water partition coefficient (Wildman–Crippen LogP) is 2.29. The van der Waals surface area contributed by atoms with Crippen LogP contribution in [0, 0.1) is 11.3 Å². The summed E-state index contributed by atoms with van der Waals surface area (Å²) in [5.41, 5.74) is 0.0950. The van der Waals surface area contributed by atoms with Crippen molar-refractivity contribution in [1.29, 1.82) is 0 Å². The molecule has 1 saturated carbocycles. The second kappa shape index (κ2) is 8.48. The number of hydroxylamine groups is 2. The fourth-order valence-electron chi connectivity index (χ4n) is 3.97. The monoisotopic (exact) mass is 393 g/mol. The van der Waals surface area contributed by atoms with Gasteiger partial charge in [-0.05, 0) is 31.1 Å². The van der Waals surface area contributed by atoms with Gasteiger partial charge in [-0.15, -0.1) is 11.3 Å². The van der Waals surface area contributed by atoms with Gasteiger partial charge in [-0.3, -0.25) is 19.6 Å². The number of likely N-dealkylation sites (tertiary alicyclic amines) is 1. The summed E-state index contributed by atoms with van der Waals surface area (Å²) in [6.45, 7) is 2.61. The van der Waals surface area contributed by atoms with Crippen LogP contribution in [0.5, 0.6) is 0 Å². The molecule has 2 atom stereocenters. The van der Waals surface area contributed by atoms with Gasteiger partial charge in [0.25, 0.3) is 0 Å². The van der Waals surface area contributed by atoms with Crippen molar-refractivity contribution in [1.82, 2.24) is 14.9 Å². The lowest BCUT2D eigenvalue weighted by molar-refractivity contribution is -0.158. The molecule has 1 aliphatic carbocycles. The molecule has 1 spiro atoms. The summed E-state index contributed by atoms with van der Waals surface area (Å²) >= 11 is 1.45. The van der Waals surface area contributed by atoms with Crippen LogP contribution in [-0.2, 0) is 20.8 Å². The molecule has 0 unspecified atom stereocenters. The van der Waals surface area contributed by atoms with Crippen LogP contribution in [0.25, 0.3) is 0 Å². The number of aromatic nitrogens is 1. The minimum atomic E-state index is -0.482. The highest BCUT2D eigenvalue weighted by Gasteiger charge is 2.55. The van der Waals surface area contributed by atoms with E-state index in [9.17, 15) is 19.6 Å². The highest BCUT2D eigenvalue weighted by molar-refractivity contribution is 7.09. The van der Waals surface area contributed by atoms with E-state index >= 15 is 0 Å². The Morgan fingerprint density at radius 1 is 1.52 bits per heavy atom. The zero-order valence-corrected chi connectivity index (χ0v) is 16.5. The summed E-state index contributed by atoms with van der Waals surface area (Å²) < 4.78 is 0. The zero-order valence-electron chi connectivity index (χ0n) is 15.7. The lowest BCUT2D eigenvalue weighted by atomic mass is 9.98. The van der Waals surface area contributed by atoms with Crippen molar-refractivity contribution < 1.29 is 19.6 Å². The fraction of sp³-hybridized carbons (Fsp3) is 0.684. The number of ketones is 1. The van der Waals surface area contributed by atoms with Crippen molar-refractivity contribution >= 4 is 29.4 Å². The van der Waals surface area contributed by atoms with Crippen LogP contribution in [0.2, 0.25) is 0 Å². The molecule has 1 aliphatic heterocycles. The third-order valence-electron chi connectivity index (χ3n) is 5.71. The third kappa shape index (κ3) is 4.73. The predicted molar refractivity (Wildman–Crippen MR) is 100 cm³/mol. The molecule has 0 bridgehead atoms. The van der Waals surface area contributed by atoms with E-state index in [-0.39, 0.29) is 30.1 Å².